The third kappa shape index (κ3) is 5.15. The number of para-hydroxylation sites is 1. The number of nitrogens with two attached hydrogens (primary N) is 1. The van der Waals surface area contributed by atoms with Gasteiger partial charge in [0, 0.05) is 28.0 Å². The molecule has 188 valence electrons. The van der Waals surface area contributed by atoms with Crippen molar-refractivity contribution >= 4 is 45.9 Å². The van der Waals surface area contributed by atoms with Gasteiger partial charge in [0.15, 0.2) is 0 Å². The predicted octanol–water partition coefficient (Wildman–Crippen LogP) is 6.02. The molecule has 0 amide bonds. The Balaban J connectivity index is 1.73. The topological polar surface area (TPSA) is 123 Å². The summed E-state index contributed by atoms with van der Waals surface area (Å²) < 4.78 is 1.50. The zero-order chi connectivity index (χ0) is 26.6. The zero-order valence-corrected chi connectivity index (χ0v) is 21.8. The molecular weight excluding hydrogens is 518 g/mol. The summed E-state index contributed by atoms with van der Waals surface area (Å²) in [6, 6.07) is 25.6. The molecule has 0 bridgehead atoms. The Hall–Kier alpha value is -4.47. The van der Waals surface area contributed by atoms with Gasteiger partial charge in [-0.3, -0.25) is 14.8 Å². The lowest BCUT2D eigenvalue weighted by molar-refractivity contribution is 0.947. The second-order valence-corrected chi connectivity index (χ2v) is 9.43. The van der Waals surface area contributed by atoms with E-state index in [1.54, 1.807) is 42.8 Å². The molecule has 0 fully saturated rings. The van der Waals surface area contributed by atoms with E-state index in [0.29, 0.717) is 33.6 Å². The van der Waals surface area contributed by atoms with Gasteiger partial charge in [0.25, 0.3) is 5.56 Å². The van der Waals surface area contributed by atoms with Crippen LogP contribution in [0.3, 0.4) is 0 Å². The van der Waals surface area contributed by atoms with E-state index >= 15 is 0 Å². The van der Waals surface area contributed by atoms with Crippen LogP contribution < -0.4 is 16.6 Å². The van der Waals surface area contributed by atoms with Crippen LogP contribution in [-0.4, -0.2) is 30.8 Å². The van der Waals surface area contributed by atoms with Crippen molar-refractivity contribution < 1.29 is 0 Å². The van der Waals surface area contributed by atoms with Crippen LogP contribution in [0.15, 0.2) is 95.9 Å². The smallest absolute Gasteiger partial charge is 0.270 e. The number of nitrogen functional groups attached to an aromatic ring is 1. The molecule has 0 atom stereocenters. The monoisotopic (exact) mass is 539 g/mol. The molecule has 0 radical (unpaired) electrons. The van der Waals surface area contributed by atoms with E-state index in [1.807, 2.05) is 54.6 Å². The minimum Gasteiger partial charge on any atom is -0.368 e. The van der Waals surface area contributed by atoms with E-state index in [2.05, 4.69) is 15.3 Å². The van der Waals surface area contributed by atoms with Gasteiger partial charge in [-0.05, 0) is 48.7 Å². The quantitative estimate of drug-likeness (QED) is 0.178. The molecular formula is C28H22ClN7OS. The summed E-state index contributed by atoms with van der Waals surface area (Å²) in [6.45, 7) is 0. The van der Waals surface area contributed by atoms with Gasteiger partial charge < -0.3 is 11.1 Å². The number of anilines is 3. The molecule has 5 rings (SSSR count). The average molecular weight is 540 g/mol. The minimum absolute atomic E-state index is 0.104. The minimum atomic E-state index is -0.372. The molecule has 10 heteroatoms. The number of halogens is 1. The Morgan fingerprint density at radius 1 is 0.947 bits per heavy atom. The normalized spacial score (nSPS) is 10.8. The van der Waals surface area contributed by atoms with Gasteiger partial charge in [0.05, 0.1) is 11.4 Å². The van der Waals surface area contributed by atoms with Gasteiger partial charge in [0.2, 0.25) is 5.95 Å². The lowest BCUT2D eigenvalue weighted by Gasteiger charge is -2.18. The highest BCUT2D eigenvalue weighted by Crippen LogP contribution is 2.28. The van der Waals surface area contributed by atoms with Crippen molar-refractivity contribution in [2.45, 2.75) is 0 Å². The predicted molar refractivity (Wildman–Crippen MR) is 156 cm³/mol. The molecule has 0 aliphatic rings. The molecule has 0 aliphatic carbocycles. The van der Waals surface area contributed by atoms with Crippen molar-refractivity contribution in [2.24, 2.45) is 0 Å². The Morgan fingerprint density at radius 2 is 1.63 bits per heavy atom. The number of thioether (sulfide) groups is 1. The summed E-state index contributed by atoms with van der Waals surface area (Å²) in [5.41, 5.74) is 9.10. The standard InChI is InChI=1S/C28H22ClN7OS/c1-38-24(30)23-25(33-20-5-3-2-4-6-20)35-26(36(27(23)37)21-13-11-19(29)12-14-21)18-9-7-17(8-10-18)22-15-16-32-28(31)34-22/h2-16,30,33H,1H3,(H2,31,32,34). The third-order valence-corrected chi connectivity index (χ3v) is 6.61. The Kier molecular flexibility index (Phi) is 7.21. The van der Waals surface area contributed by atoms with Crippen molar-refractivity contribution in [1.29, 1.82) is 5.41 Å². The molecule has 0 saturated heterocycles. The highest BCUT2D eigenvalue weighted by atomic mass is 35.5. The van der Waals surface area contributed by atoms with Gasteiger partial charge in [-0.1, -0.05) is 54.1 Å². The summed E-state index contributed by atoms with van der Waals surface area (Å²) in [6.07, 6.45) is 3.36. The lowest BCUT2D eigenvalue weighted by Crippen LogP contribution is -2.28. The van der Waals surface area contributed by atoms with Gasteiger partial charge in [0.1, 0.15) is 22.2 Å². The summed E-state index contributed by atoms with van der Waals surface area (Å²) in [5, 5.41) is 12.4. The molecule has 0 spiro atoms. The molecule has 2 heterocycles. The first-order chi connectivity index (χ1) is 18.4. The van der Waals surface area contributed by atoms with E-state index in [4.69, 9.17) is 27.7 Å². The molecule has 3 aromatic carbocycles. The molecule has 38 heavy (non-hydrogen) atoms. The number of benzene rings is 3. The maximum atomic E-state index is 14.1. The second kappa shape index (κ2) is 10.9. The van der Waals surface area contributed by atoms with E-state index < -0.39 is 0 Å². The first-order valence-electron chi connectivity index (χ1n) is 11.5. The zero-order valence-electron chi connectivity index (χ0n) is 20.2. The van der Waals surface area contributed by atoms with Gasteiger partial charge >= 0.3 is 0 Å². The molecule has 0 unspecified atom stereocenters. The van der Waals surface area contributed by atoms with E-state index in [1.165, 1.54) is 16.3 Å². The van der Waals surface area contributed by atoms with Crippen molar-refractivity contribution in [3.05, 3.63) is 112 Å². The van der Waals surface area contributed by atoms with Crippen LogP contribution in [0.2, 0.25) is 5.02 Å². The average Bonchev–Trinajstić information content (AvgIpc) is 2.94. The van der Waals surface area contributed by atoms with Gasteiger partial charge in [-0.25, -0.2) is 15.0 Å². The van der Waals surface area contributed by atoms with Crippen LogP contribution in [0.5, 0.6) is 0 Å². The number of nitrogens with one attached hydrogen (secondary N) is 2. The molecule has 2 aromatic heterocycles. The Morgan fingerprint density at radius 3 is 2.29 bits per heavy atom. The maximum absolute atomic E-state index is 14.1. The van der Waals surface area contributed by atoms with Gasteiger partial charge in [-0.2, -0.15) is 0 Å². The molecule has 4 N–H and O–H groups in total. The van der Waals surface area contributed by atoms with E-state index in [9.17, 15) is 4.79 Å². The fourth-order valence-electron chi connectivity index (χ4n) is 3.92. The SMILES string of the molecule is CSC(=N)c1c(Nc2ccccc2)nc(-c2ccc(-c3ccnc(N)n3)cc2)n(-c2ccc(Cl)cc2)c1=O. The fraction of sp³-hybridized carbons (Fsp3) is 0.0357. The second-order valence-electron chi connectivity index (χ2n) is 8.18. The van der Waals surface area contributed by atoms with Crippen LogP contribution >= 0.6 is 23.4 Å². The number of hydrogen-bond acceptors (Lipinski definition) is 8. The van der Waals surface area contributed by atoms with Crippen molar-refractivity contribution in [3.63, 3.8) is 0 Å². The van der Waals surface area contributed by atoms with Crippen LogP contribution in [0.1, 0.15) is 5.56 Å². The Labute approximate surface area is 228 Å². The summed E-state index contributed by atoms with van der Waals surface area (Å²) in [4.78, 5) is 27.2. The van der Waals surface area contributed by atoms with Crippen LogP contribution in [0.25, 0.3) is 28.3 Å². The van der Waals surface area contributed by atoms with Crippen molar-refractivity contribution in [2.75, 3.05) is 17.3 Å². The summed E-state index contributed by atoms with van der Waals surface area (Å²) >= 11 is 7.30. The first kappa shape index (κ1) is 25.2. The number of nitrogens with zero attached hydrogens (tertiary/aromatic N) is 4. The highest BCUT2D eigenvalue weighted by Gasteiger charge is 2.22. The maximum Gasteiger partial charge on any atom is 0.270 e. The Bertz CT molecular complexity index is 1670. The summed E-state index contributed by atoms with van der Waals surface area (Å²) in [5.74, 6) is 0.892. The van der Waals surface area contributed by atoms with Crippen LogP contribution in [0.4, 0.5) is 17.5 Å². The van der Waals surface area contributed by atoms with Crippen LogP contribution in [-0.2, 0) is 0 Å². The van der Waals surface area contributed by atoms with Crippen molar-refractivity contribution in [3.8, 4) is 28.3 Å². The van der Waals surface area contributed by atoms with Crippen LogP contribution in [0, 0.1) is 5.41 Å². The molecule has 8 nitrogen and oxygen atoms in total. The number of rotatable bonds is 6. The van der Waals surface area contributed by atoms with Crippen molar-refractivity contribution in [1.82, 2.24) is 19.5 Å². The van der Waals surface area contributed by atoms with E-state index in [0.717, 1.165) is 11.3 Å². The first-order valence-corrected chi connectivity index (χ1v) is 13.1. The molecule has 0 saturated carbocycles. The largest absolute Gasteiger partial charge is 0.368 e. The van der Waals surface area contributed by atoms with E-state index in [-0.39, 0.29) is 22.1 Å². The number of hydrogen-bond donors (Lipinski definition) is 3. The molecule has 5 aromatic rings. The molecule has 0 aliphatic heterocycles. The third-order valence-electron chi connectivity index (χ3n) is 5.75. The fourth-order valence-corrected chi connectivity index (χ4v) is 4.44. The van der Waals surface area contributed by atoms with Gasteiger partial charge in [-0.15, -0.1) is 11.8 Å². The lowest BCUT2D eigenvalue weighted by atomic mass is 10.1. The number of aromatic nitrogens is 4. The summed E-state index contributed by atoms with van der Waals surface area (Å²) in [7, 11) is 0. The highest BCUT2D eigenvalue weighted by molar-refractivity contribution is 8.13.